The molecule has 0 aliphatic carbocycles. The third-order valence-electron chi connectivity index (χ3n) is 0.988. The first-order chi connectivity index (χ1) is 4.74. The van der Waals surface area contributed by atoms with Crippen LogP contribution in [0, 0.1) is 0 Å². The molecule has 0 bridgehead atoms. The molecule has 0 aliphatic rings. The third kappa shape index (κ3) is 1.30. The Hall–Kier alpha value is -0.970. The van der Waals surface area contributed by atoms with Crippen molar-refractivity contribution in [1.29, 1.82) is 0 Å². The minimum Gasteiger partial charge on any atom is -0.273 e. The van der Waals surface area contributed by atoms with Crippen LogP contribution >= 0.6 is 11.9 Å². The number of aromatic nitrogens is 2. The summed E-state index contributed by atoms with van der Waals surface area (Å²) in [6.07, 6.45) is 3.19. The lowest BCUT2D eigenvalue weighted by molar-refractivity contribution is 0.991. The number of hydrogen-bond acceptors (Lipinski definition) is 3. The zero-order valence-electron chi connectivity index (χ0n) is 5.33. The number of nitrogens with zero attached hydrogens (tertiary/aromatic N) is 1. The molecule has 0 aromatic carbocycles. The van der Waals surface area contributed by atoms with Crippen molar-refractivity contribution in [2.75, 3.05) is 6.26 Å². The maximum Gasteiger partial charge on any atom is 0.338 e. The molecule has 1 heterocycles. The molecule has 0 spiro atoms. The van der Waals surface area contributed by atoms with Gasteiger partial charge < -0.3 is 0 Å². The average molecular weight is 158 g/mol. The van der Waals surface area contributed by atoms with Crippen LogP contribution < -0.4 is 11.2 Å². The molecule has 0 unspecified atom stereocenters. The molecule has 0 aliphatic heterocycles. The van der Waals surface area contributed by atoms with Gasteiger partial charge in [-0.05, 0) is 11.9 Å². The van der Waals surface area contributed by atoms with Gasteiger partial charge in [-0.25, -0.2) is 8.77 Å². The summed E-state index contributed by atoms with van der Waals surface area (Å²) in [6, 6.07) is 1.30. The molecule has 0 atom stereocenters. The summed E-state index contributed by atoms with van der Waals surface area (Å²) in [5.41, 5.74) is -0.754. The second kappa shape index (κ2) is 2.74. The summed E-state index contributed by atoms with van der Waals surface area (Å²) < 4.78 is 1.33. The Morgan fingerprint density at radius 3 is 2.80 bits per heavy atom. The molecule has 0 saturated carbocycles. The second-order valence-electron chi connectivity index (χ2n) is 1.62. The summed E-state index contributed by atoms with van der Waals surface area (Å²) in [4.78, 5) is 23.4. The molecule has 1 aromatic rings. The quantitative estimate of drug-likeness (QED) is 0.608. The van der Waals surface area contributed by atoms with Gasteiger partial charge >= 0.3 is 5.69 Å². The minimum absolute atomic E-state index is 0.365. The first kappa shape index (κ1) is 7.14. The number of aromatic amines is 1. The smallest absolute Gasteiger partial charge is 0.273 e. The predicted molar refractivity (Wildman–Crippen MR) is 40.2 cm³/mol. The van der Waals surface area contributed by atoms with E-state index in [9.17, 15) is 9.59 Å². The molecular weight excluding hydrogens is 152 g/mol. The van der Waals surface area contributed by atoms with Gasteiger partial charge in [0.15, 0.2) is 0 Å². The van der Waals surface area contributed by atoms with Crippen LogP contribution in [-0.4, -0.2) is 15.2 Å². The summed E-state index contributed by atoms with van der Waals surface area (Å²) in [7, 11) is 0. The molecule has 0 fully saturated rings. The number of nitrogens with one attached hydrogen (secondary N) is 1. The van der Waals surface area contributed by atoms with E-state index in [0.29, 0.717) is 0 Å². The van der Waals surface area contributed by atoms with Crippen LogP contribution in [0.5, 0.6) is 0 Å². The second-order valence-corrected chi connectivity index (χ2v) is 2.38. The van der Waals surface area contributed by atoms with E-state index in [4.69, 9.17) is 0 Å². The first-order valence-corrected chi connectivity index (χ1v) is 3.78. The number of H-pyrrole nitrogens is 1. The average Bonchev–Trinajstić information content (AvgIpc) is 1.88. The van der Waals surface area contributed by atoms with Gasteiger partial charge in [-0.3, -0.25) is 9.78 Å². The van der Waals surface area contributed by atoms with Crippen molar-refractivity contribution in [3.05, 3.63) is 33.1 Å². The van der Waals surface area contributed by atoms with Crippen molar-refractivity contribution in [3.8, 4) is 0 Å². The lowest BCUT2D eigenvalue weighted by Crippen LogP contribution is -2.25. The molecule has 54 valence electrons. The van der Waals surface area contributed by atoms with E-state index in [1.54, 1.807) is 6.26 Å². The molecule has 5 heteroatoms. The van der Waals surface area contributed by atoms with Gasteiger partial charge in [-0.1, -0.05) is 0 Å². The Morgan fingerprint density at radius 2 is 2.30 bits per heavy atom. The van der Waals surface area contributed by atoms with Crippen LogP contribution in [0.3, 0.4) is 0 Å². The lowest BCUT2D eigenvalue weighted by atomic mass is 10.7. The van der Waals surface area contributed by atoms with Gasteiger partial charge in [0.1, 0.15) is 0 Å². The fourth-order valence-corrected chi connectivity index (χ4v) is 0.943. The van der Waals surface area contributed by atoms with E-state index in [0.717, 1.165) is 0 Å². The molecule has 10 heavy (non-hydrogen) atoms. The molecule has 0 radical (unpaired) electrons. The Bertz CT molecular complexity index is 327. The molecular formula is C5H6N2O2S. The van der Waals surface area contributed by atoms with Crippen LogP contribution in [0.1, 0.15) is 0 Å². The summed E-state index contributed by atoms with van der Waals surface area (Å²) >= 11 is 1.24. The summed E-state index contributed by atoms with van der Waals surface area (Å²) in [5.74, 6) is 0. The maximum absolute atomic E-state index is 10.8. The van der Waals surface area contributed by atoms with Gasteiger partial charge in [0.05, 0.1) is 0 Å². The highest BCUT2D eigenvalue weighted by Gasteiger charge is 1.90. The summed E-state index contributed by atoms with van der Waals surface area (Å²) in [5, 5.41) is 0. The van der Waals surface area contributed by atoms with Crippen molar-refractivity contribution in [3.63, 3.8) is 0 Å². The van der Waals surface area contributed by atoms with E-state index >= 15 is 0 Å². The third-order valence-corrected chi connectivity index (χ3v) is 1.67. The van der Waals surface area contributed by atoms with Crippen LogP contribution in [0.2, 0.25) is 0 Å². The van der Waals surface area contributed by atoms with Crippen molar-refractivity contribution in [2.24, 2.45) is 0 Å². The predicted octanol–water partition coefficient (Wildman–Crippen LogP) is -0.337. The monoisotopic (exact) mass is 158 g/mol. The zero-order valence-corrected chi connectivity index (χ0v) is 6.14. The molecule has 1 aromatic heterocycles. The SMILES string of the molecule is CSn1ccc(=O)[nH]c1=O. The summed E-state index contributed by atoms with van der Waals surface area (Å²) in [6.45, 7) is 0. The van der Waals surface area contributed by atoms with Crippen LogP contribution in [0.15, 0.2) is 21.9 Å². The van der Waals surface area contributed by atoms with Crippen molar-refractivity contribution < 1.29 is 0 Å². The van der Waals surface area contributed by atoms with E-state index in [2.05, 4.69) is 4.98 Å². The van der Waals surface area contributed by atoms with Gasteiger partial charge in [0, 0.05) is 18.5 Å². The van der Waals surface area contributed by atoms with Crippen molar-refractivity contribution in [2.45, 2.75) is 0 Å². The highest BCUT2D eigenvalue weighted by Crippen LogP contribution is 1.89. The first-order valence-electron chi connectivity index (χ1n) is 2.60. The normalized spacial score (nSPS) is 9.70. The highest BCUT2D eigenvalue weighted by atomic mass is 32.2. The molecule has 1 rings (SSSR count). The minimum atomic E-state index is -0.389. The molecule has 0 amide bonds. The fraction of sp³-hybridized carbons (Fsp3) is 0.200. The Morgan fingerprint density at radius 1 is 1.60 bits per heavy atom. The van der Waals surface area contributed by atoms with Gasteiger partial charge in [-0.15, -0.1) is 0 Å². The standard InChI is InChI=1S/C5H6N2O2S/c1-10-7-3-2-4(8)6-5(7)9/h2-3H,1H3,(H,6,8,9). The van der Waals surface area contributed by atoms with Crippen LogP contribution in [0.25, 0.3) is 0 Å². The number of rotatable bonds is 1. The topological polar surface area (TPSA) is 54.9 Å². The number of hydrogen-bond donors (Lipinski definition) is 1. The van der Waals surface area contributed by atoms with Crippen LogP contribution in [-0.2, 0) is 0 Å². The molecule has 0 saturated heterocycles. The largest absolute Gasteiger partial charge is 0.338 e. The van der Waals surface area contributed by atoms with E-state index in [-0.39, 0.29) is 11.2 Å². The van der Waals surface area contributed by atoms with E-state index in [1.165, 1.54) is 28.2 Å². The molecule has 4 nitrogen and oxygen atoms in total. The fourth-order valence-electron chi connectivity index (χ4n) is 0.549. The van der Waals surface area contributed by atoms with Crippen molar-refractivity contribution in [1.82, 2.24) is 8.96 Å². The molecule has 1 N–H and O–H groups in total. The van der Waals surface area contributed by atoms with Gasteiger partial charge in [0.2, 0.25) is 0 Å². The Kier molecular flexibility index (Phi) is 1.96. The van der Waals surface area contributed by atoms with Crippen LogP contribution in [0.4, 0.5) is 0 Å². The highest BCUT2D eigenvalue weighted by molar-refractivity contribution is 7.97. The van der Waals surface area contributed by atoms with Gasteiger partial charge in [0.25, 0.3) is 5.56 Å². The van der Waals surface area contributed by atoms with E-state index in [1.807, 2.05) is 0 Å². The lowest BCUT2D eigenvalue weighted by Gasteiger charge is -1.94. The maximum atomic E-state index is 10.8. The Balaban J connectivity index is 3.34. The Labute approximate surface area is 61.0 Å². The zero-order chi connectivity index (χ0) is 7.56. The van der Waals surface area contributed by atoms with Gasteiger partial charge in [-0.2, -0.15) is 0 Å². The van der Waals surface area contributed by atoms with Crippen molar-refractivity contribution >= 4 is 11.9 Å². The van der Waals surface area contributed by atoms with E-state index < -0.39 is 0 Å².